The fourth-order valence-corrected chi connectivity index (χ4v) is 3.90. The highest BCUT2D eigenvalue weighted by Gasteiger charge is 2.28. The topological polar surface area (TPSA) is 46.3 Å². The molecule has 1 atom stereocenters. The van der Waals surface area contributed by atoms with Crippen LogP contribution in [0, 0.1) is 6.92 Å². The van der Waals surface area contributed by atoms with Gasteiger partial charge in [0.05, 0.1) is 11.1 Å². The highest BCUT2D eigenvalue weighted by Crippen LogP contribution is 2.29. The summed E-state index contributed by atoms with van der Waals surface area (Å²) in [4.78, 5) is 20.2. The van der Waals surface area contributed by atoms with Crippen molar-refractivity contribution in [3.63, 3.8) is 0 Å². The quantitative estimate of drug-likeness (QED) is 0.653. The number of amides is 1. The predicted molar refractivity (Wildman–Crippen MR) is 103 cm³/mol. The first-order valence-electron chi connectivity index (χ1n) is 9.45. The van der Waals surface area contributed by atoms with Gasteiger partial charge in [0, 0.05) is 18.0 Å². The molecule has 4 heteroatoms. The summed E-state index contributed by atoms with van der Waals surface area (Å²) < 4.78 is 5.75. The second-order valence-electron chi connectivity index (χ2n) is 7.04. The Morgan fingerprint density at radius 2 is 2.08 bits per heavy atom. The summed E-state index contributed by atoms with van der Waals surface area (Å²) in [5, 5.41) is 0.907. The van der Waals surface area contributed by atoms with E-state index in [-0.39, 0.29) is 5.91 Å². The molecule has 4 nitrogen and oxygen atoms in total. The van der Waals surface area contributed by atoms with Crippen LogP contribution >= 0.6 is 0 Å². The molecule has 3 heterocycles. The van der Waals surface area contributed by atoms with Crippen molar-refractivity contribution in [3.8, 4) is 11.5 Å². The number of furan rings is 1. The van der Waals surface area contributed by atoms with Crippen LogP contribution in [-0.4, -0.2) is 28.4 Å². The van der Waals surface area contributed by atoms with Crippen molar-refractivity contribution in [2.24, 2.45) is 0 Å². The lowest BCUT2D eigenvalue weighted by atomic mass is 9.97. The molecule has 2 aromatic heterocycles. The van der Waals surface area contributed by atoms with Crippen molar-refractivity contribution in [1.82, 2.24) is 9.88 Å². The van der Waals surface area contributed by atoms with Crippen LogP contribution < -0.4 is 0 Å². The number of fused-ring (bicyclic) bond motifs is 1. The van der Waals surface area contributed by atoms with Gasteiger partial charge in [-0.15, -0.1) is 0 Å². The van der Waals surface area contributed by atoms with E-state index in [0.717, 1.165) is 48.0 Å². The van der Waals surface area contributed by atoms with E-state index in [1.165, 1.54) is 6.42 Å². The zero-order valence-corrected chi connectivity index (χ0v) is 15.4. The van der Waals surface area contributed by atoms with E-state index >= 15 is 0 Å². The lowest BCUT2D eigenvalue weighted by Crippen LogP contribution is -2.43. The van der Waals surface area contributed by atoms with Crippen molar-refractivity contribution in [1.29, 1.82) is 0 Å². The molecule has 1 unspecified atom stereocenters. The number of hydrogen-bond donors (Lipinski definition) is 0. The molecule has 0 saturated carbocycles. The van der Waals surface area contributed by atoms with Crippen LogP contribution in [0.15, 0.2) is 46.9 Å². The van der Waals surface area contributed by atoms with Crippen LogP contribution in [0.4, 0.5) is 0 Å². The number of piperidine rings is 1. The van der Waals surface area contributed by atoms with Gasteiger partial charge in [0.2, 0.25) is 0 Å². The first-order valence-corrected chi connectivity index (χ1v) is 9.45. The van der Waals surface area contributed by atoms with Crippen LogP contribution in [0.25, 0.3) is 22.4 Å². The molecule has 134 valence electrons. The molecule has 1 fully saturated rings. The summed E-state index contributed by atoms with van der Waals surface area (Å²) in [6, 6.07) is 13.9. The summed E-state index contributed by atoms with van der Waals surface area (Å²) in [7, 11) is 0. The van der Waals surface area contributed by atoms with Gasteiger partial charge in [-0.1, -0.05) is 25.1 Å². The first kappa shape index (κ1) is 16.8. The third kappa shape index (κ3) is 3.00. The molecular weight excluding hydrogens is 324 g/mol. The highest BCUT2D eigenvalue weighted by molar-refractivity contribution is 6.07. The second kappa shape index (κ2) is 6.94. The van der Waals surface area contributed by atoms with Gasteiger partial charge in [-0.2, -0.15) is 0 Å². The van der Waals surface area contributed by atoms with Gasteiger partial charge >= 0.3 is 0 Å². The average Bonchev–Trinajstić information content (AvgIpc) is 3.13. The standard InChI is InChI=1S/C22H24N2O2/c1-3-16-8-6-7-13-24(16)22(25)18-14-20(21-12-11-15(2)26-21)23-19-10-5-4-9-17(18)19/h4-5,9-12,14,16H,3,6-8,13H2,1-2H3. The van der Waals surface area contributed by atoms with Gasteiger partial charge in [-0.25, -0.2) is 4.98 Å². The molecule has 3 aromatic rings. The molecule has 0 aliphatic carbocycles. The molecule has 0 N–H and O–H groups in total. The fraction of sp³-hybridized carbons (Fsp3) is 0.364. The maximum absolute atomic E-state index is 13.4. The number of aryl methyl sites for hydroxylation is 1. The minimum atomic E-state index is 0.111. The van der Waals surface area contributed by atoms with Crippen LogP contribution in [-0.2, 0) is 0 Å². The molecule has 26 heavy (non-hydrogen) atoms. The third-order valence-electron chi connectivity index (χ3n) is 5.30. The SMILES string of the molecule is CCC1CCCCN1C(=O)c1cc(-c2ccc(C)o2)nc2ccccc12. The van der Waals surface area contributed by atoms with E-state index in [2.05, 4.69) is 11.8 Å². The number of pyridine rings is 1. The van der Waals surface area contributed by atoms with Crippen molar-refractivity contribution in [2.45, 2.75) is 45.6 Å². The largest absolute Gasteiger partial charge is 0.460 e. The second-order valence-corrected chi connectivity index (χ2v) is 7.04. The van der Waals surface area contributed by atoms with E-state index in [4.69, 9.17) is 9.40 Å². The number of benzene rings is 1. The van der Waals surface area contributed by atoms with E-state index in [1.807, 2.05) is 49.4 Å². The Balaban J connectivity index is 1.83. The summed E-state index contributed by atoms with van der Waals surface area (Å²) in [6.45, 7) is 4.91. The fourth-order valence-electron chi connectivity index (χ4n) is 3.90. The van der Waals surface area contributed by atoms with Crippen LogP contribution in [0.5, 0.6) is 0 Å². The van der Waals surface area contributed by atoms with E-state index in [0.29, 0.717) is 17.5 Å². The Kier molecular flexibility index (Phi) is 4.49. The predicted octanol–water partition coefficient (Wildman–Crippen LogP) is 5.21. The molecule has 0 spiro atoms. The van der Waals surface area contributed by atoms with Gasteiger partial charge in [0.15, 0.2) is 5.76 Å². The Morgan fingerprint density at radius 3 is 2.85 bits per heavy atom. The Hall–Kier alpha value is -2.62. The van der Waals surface area contributed by atoms with Crippen molar-refractivity contribution in [2.75, 3.05) is 6.54 Å². The summed E-state index contributed by atoms with van der Waals surface area (Å²) in [6.07, 6.45) is 4.38. The molecule has 4 rings (SSSR count). The molecule has 0 bridgehead atoms. The van der Waals surface area contributed by atoms with Crippen LogP contribution in [0.2, 0.25) is 0 Å². The minimum absolute atomic E-state index is 0.111. The Morgan fingerprint density at radius 1 is 1.23 bits per heavy atom. The number of likely N-dealkylation sites (tertiary alicyclic amines) is 1. The third-order valence-corrected chi connectivity index (χ3v) is 5.30. The maximum Gasteiger partial charge on any atom is 0.254 e. The molecule has 1 aromatic carbocycles. The summed E-state index contributed by atoms with van der Waals surface area (Å²) in [5.41, 5.74) is 2.26. The number of aromatic nitrogens is 1. The van der Waals surface area contributed by atoms with E-state index < -0.39 is 0 Å². The number of carbonyl (C=O) groups excluding carboxylic acids is 1. The lowest BCUT2D eigenvalue weighted by Gasteiger charge is -2.35. The molecular formula is C22H24N2O2. The van der Waals surface area contributed by atoms with Gasteiger partial charge in [-0.3, -0.25) is 4.79 Å². The van der Waals surface area contributed by atoms with Gasteiger partial charge in [0.25, 0.3) is 5.91 Å². The number of rotatable bonds is 3. The summed E-state index contributed by atoms with van der Waals surface area (Å²) in [5.74, 6) is 1.65. The number of para-hydroxylation sites is 1. The van der Waals surface area contributed by atoms with Crippen molar-refractivity contribution in [3.05, 3.63) is 53.8 Å². The highest BCUT2D eigenvalue weighted by atomic mass is 16.3. The van der Waals surface area contributed by atoms with Gasteiger partial charge < -0.3 is 9.32 Å². The van der Waals surface area contributed by atoms with Gasteiger partial charge in [-0.05, 0) is 56.9 Å². The molecule has 1 saturated heterocycles. The van der Waals surface area contributed by atoms with E-state index in [1.54, 1.807) is 0 Å². The normalized spacial score (nSPS) is 17.6. The van der Waals surface area contributed by atoms with Crippen molar-refractivity contribution < 1.29 is 9.21 Å². The molecule has 1 aliphatic heterocycles. The Labute approximate surface area is 153 Å². The molecule has 1 aliphatic rings. The average molecular weight is 348 g/mol. The molecule has 1 amide bonds. The van der Waals surface area contributed by atoms with Crippen molar-refractivity contribution >= 4 is 16.8 Å². The number of carbonyl (C=O) groups is 1. The Bertz CT molecular complexity index is 944. The first-order chi connectivity index (χ1) is 12.7. The van der Waals surface area contributed by atoms with Gasteiger partial charge in [0.1, 0.15) is 11.5 Å². The molecule has 0 radical (unpaired) electrons. The number of nitrogens with zero attached hydrogens (tertiary/aromatic N) is 2. The lowest BCUT2D eigenvalue weighted by molar-refractivity contribution is 0.0610. The smallest absolute Gasteiger partial charge is 0.254 e. The van der Waals surface area contributed by atoms with Crippen LogP contribution in [0.1, 0.15) is 48.7 Å². The zero-order valence-electron chi connectivity index (χ0n) is 15.4. The van der Waals surface area contributed by atoms with E-state index in [9.17, 15) is 4.79 Å². The monoisotopic (exact) mass is 348 g/mol. The maximum atomic E-state index is 13.4. The zero-order chi connectivity index (χ0) is 18.1. The summed E-state index contributed by atoms with van der Waals surface area (Å²) >= 11 is 0. The minimum Gasteiger partial charge on any atom is -0.460 e. The van der Waals surface area contributed by atoms with Crippen LogP contribution in [0.3, 0.4) is 0 Å². The number of hydrogen-bond acceptors (Lipinski definition) is 3.